The van der Waals surface area contributed by atoms with E-state index in [4.69, 9.17) is 4.74 Å². The Labute approximate surface area is 107 Å². The van der Waals surface area contributed by atoms with Crippen LogP contribution >= 0.6 is 15.9 Å². The third-order valence-electron chi connectivity index (χ3n) is 3.18. The number of ether oxygens (including phenoxy) is 1. The van der Waals surface area contributed by atoms with E-state index in [0.29, 0.717) is 10.0 Å². The van der Waals surface area contributed by atoms with Crippen LogP contribution in [0.1, 0.15) is 24.8 Å². The molecule has 0 aromatic heterocycles. The number of halogens is 2. The standard InChI is InChI=1S/C12H11BrFNO2/c1-17-11-9(13)5-8(6-10(11)14)12(15-7-16)3-2-4-12/h5-6H,2-4H2,1H3. The lowest BCUT2D eigenvalue weighted by Gasteiger charge is -2.37. The summed E-state index contributed by atoms with van der Waals surface area (Å²) >= 11 is 3.25. The molecule has 0 atom stereocenters. The highest BCUT2D eigenvalue weighted by Crippen LogP contribution is 2.46. The molecule has 5 heteroatoms. The van der Waals surface area contributed by atoms with Crippen LogP contribution in [0.2, 0.25) is 0 Å². The van der Waals surface area contributed by atoms with Crippen molar-refractivity contribution in [2.45, 2.75) is 24.8 Å². The second kappa shape index (κ2) is 4.59. The first-order valence-electron chi connectivity index (χ1n) is 5.25. The second-order valence-corrected chi connectivity index (χ2v) is 4.92. The first-order chi connectivity index (χ1) is 8.13. The van der Waals surface area contributed by atoms with Crippen molar-refractivity contribution in [1.82, 2.24) is 0 Å². The van der Waals surface area contributed by atoms with Crippen LogP contribution in [0.3, 0.4) is 0 Å². The number of carbonyl (C=O) groups excluding carboxylic acids is 1. The van der Waals surface area contributed by atoms with Crippen LogP contribution in [0.25, 0.3) is 0 Å². The zero-order valence-electron chi connectivity index (χ0n) is 9.30. The molecule has 0 spiro atoms. The number of nitrogens with zero attached hydrogens (tertiary/aromatic N) is 1. The van der Waals surface area contributed by atoms with E-state index in [1.165, 1.54) is 13.2 Å². The van der Waals surface area contributed by atoms with E-state index in [1.54, 1.807) is 12.1 Å². The highest BCUT2D eigenvalue weighted by molar-refractivity contribution is 9.10. The molecule has 1 aromatic carbocycles. The van der Waals surface area contributed by atoms with Crippen LogP contribution in [0, 0.1) is 5.82 Å². The molecule has 17 heavy (non-hydrogen) atoms. The van der Waals surface area contributed by atoms with Crippen molar-refractivity contribution in [3.05, 3.63) is 28.0 Å². The van der Waals surface area contributed by atoms with Gasteiger partial charge < -0.3 is 4.74 Å². The van der Waals surface area contributed by atoms with Gasteiger partial charge in [-0.15, -0.1) is 0 Å². The molecule has 0 amide bonds. The van der Waals surface area contributed by atoms with Crippen molar-refractivity contribution in [1.29, 1.82) is 0 Å². The fraction of sp³-hybridized carbons (Fsp3) is 0.417. The van der Waals surface area contributed by atoms with Crippen molar-refractivity contribution < 1.29 is 13.9 Å². The molecule has 3 nitrogen and oxygen atoms in total. The van der Waals surface area contributed by atoms with Gasteiger partial charge in [-0.05, 0) is 52.9 Å². The molecule has 0 aliphatic heterocycles. The lowest BCUT2D eigenvalue weighted by atomic mass is 9.72. The van der Waals surface area contributed by atoms with Crippen molar-refractivity contribution in [3.63, 3.8) is 0 Å². The highest BCUT2D eigenvalue weighted by atomic mass is 79.9. The fourth-order valence-corrected chi connectivity index (χ4v) is 2.69. The molecule has 1 aliphatic rings. The average Bonchev–Trinajstić information content (AvgIpc) is 2.23. The number of hydrogen-bond acceptors (Lipinski definition) is 3. The minimum absolute atomic E-state index is 0.165. The summed E-state index contributed by atoms with van der Waals surface area (Å²) in [6.45, 7) is 0. The highest BCUT2D eigenvalue weighted by Gasteiger charge is 2.39. The van der Waals surface area contributed by atoms with Gasteiger partial charge in [0.1, 0.15) is 0 Å². The predicted molar refractivity (Wildman–Crippen MR) is 64.3 cm³/mol. The maximum Gasteiger partial charge on any atom is 0.235 e. The summed E-state index contributed by atoms with van der Waals surface area (Å²) in [5, 5.41) is 0. The van der Waals surface area contributed by atoms with E-state index in [-0.39, 0.29) is 5.75 Å². The van der Waals surface area contributed by atoms with E-state index in [0.717, 1.165) is 19.3 Å². The Balaban J connectivity index is 2.49. The van der Waals surface area contributed by atoms with Gasteiger partial charge in [0.2, 0.25) is 6.08 Å². The maximum absolute atomic E-state index is 13.7. The Hall–Kier alpha value is -1.19. The molecule has 1 aromatic rings. The van der Waals surface area contributed by atoms with Crippen molar-refractivity contribution >= 4 is 22.0 Å². The average molecular weight is 300 g/mol. The Morgan fingerprint density at radius 2 is 2.24 bits per heavy atom. The molecule has 0 saturated heterocycles. The third-order valence-corrected chi connectivity index (χ3v) is 3.77. The Kier molecular flexibility index (Phi) is 3.31. The minimum atomic E-state index is -0.586. The van der Waals surface area contributed by atoms with E-state index in [1.807, 2.05) is 0 Å². The Morgan fingerprint density at radius 1 is 1.53 bits per heavy atom. The van der Waals surface area contributed by atoms with Gasteiger partial charge in [-0.3, -0.25) is 0 Å². The van der Waals surface area contributed by atoms with Crippen LogP contribution < -0.4 is 4.74 Å². The molecule has 0 unspecified atom stereocenters. The number of rotatable bonds is 3. The van der Waals surface area contributed by atoms with Gasteiger partial charge in [-0.25, -0.2) is 9.18 Å². The van der Waals surface area contributed by atoms with E-state index in [9.17, 15) is 9.18 Å². The van der Waals surface area contributed by atoms with Crippen molar-refractivity contribution in [2.24, 2.45) is 4.99 Å². The number of isocyanates is 1. The van der Waals surface area contributed by atoms with Crippen LogP contribution in [-0.4, -0.2) is 13.2 Å². The molecule has 1 fully saturated rings. The predicted octanol–water partition coefficient (Wildman–Crippen LogP) is 3.31. The zero-order valence-corrected chi connectivity index (χ0v) is 10.9. The molecule has 1 saturated carbocycles. The number of hydrogen-bond donors (Lipinski definition) is 0. The van der Waals surface area contributed by atoms with Crippen LogP contribution in [0.5, 0.6) is 5.75 Å². The summed E-state index contributed by atoms with van der Waals surface area (Å²) in [7, 11) is 1.41. The first-order valence-corrected chi connectivity index (χ1v) is 6.05. The normalized spacial score (nSPS) is 16.9. The first kappa shape index (κ1) is 12.3. The lowest BCUT2D eigenvalue weighted by Crippen LogP contribution is -2.32. The number of benzene rings is 1. The van der Waals surface area contributed by atoms with Gasteiger partial charge in [0, 0.05) is 0 Å². The molecule has 1 aliphatic carbocycles. The second-order valence-electron chi connectivity index (χ2n) is 4.06. The third kappa shape index (κ3) is 2.01. The summed E-state index contributed by atoms with van der Waals surface area (Å²) in [6.07, 6.45) is 4.07. The van der Waals surface area contributed by atoms with Crippen LogP contribution in [-0.2, 0) is 10.3 Å². The number of methoxy groups -OCH3 is 1. The van der Waals surface area contributed by atoms with Gasteiger partial charge in [-0.2, -0.15) is 4.99 Å². The largest absolute Gasteiger partial charge is 0.492 e. The maximum atomic E-state index is 13.7. The van der Waals surface area contributed by atoms with Crippen LogP contribution in [0.15, 0.2) is 21.6 Å². The minimum Gasteiger partial charge on any atom is -0.492 e. The molecule has 0 radical (unpaired) electrons. The summed E-state index contributed by atoms with van der Waals surface area (Å²) in [5.41, 5.74) is 0.106. The summed E-state index contributed by atoms with van der Waals surface area (Å²) in [5.74, 6) is -0.289. The molecule has 0 heterocycles. The molecular weight excluding hydrogens is 289 g/mol. The van der Waals surface area contributed by atoms with Gasteiger partial charge in [0.25, 0.3) is 0 Å². The summed E-state index contributed by atoms with van der Waals surface area (Å²) in [4.78, 5) is 14.3. The SMILES string of the molecule is COc1c(F)cc(C2(N=C=O)CCC2)cc1Br. The molecular formula is C12H11BrFNO2. The Bertz CT molecular complexity index is 470. The Morgan fingerprint density at radius 3 is 2.65 bits per heavy atom. The summed E-state index contributed by atoms with van der Waals surface area (Å²) < 4.78 is 19.2. The molecule has 0 N–H and O–H groups in total. The number of aliphatic imine (C=N–C) groups is 1. The molecule has 0 bridgehead atoms. The lowest BCUT2D eigenvalue weighted by molar-refractivity contribution is 0.254. The van der Waals surface area contributed by atoms with Gasteiger partial charge in [-0.1, -0.05) is 0 Å². The fourth-order valence-electron chi connectivity index (χ4n) is 2.09. The summed E-state index contributed by atoms with van der Waals surface area (Å²) in [6, 6.07) is 3.13. The topological polar surface area (TPSA) is 38.7 Å². The van der Waals surface area contributed by atoms with Crippen molar-refractivity contribution in [2.75, 3.05) is 7.11 Å². The van der Waals surface area contributed by atoms with E-state index < -0.39 is 11.4 Å². The van der Waals surface area contributed by atoms with Crippen molar-refractivity contribution in [3.8, 4) is 5.75 Å². The van der Waals surface area contributed by atoms with Gasteiger partial charge in [0.15, 0.2) is 11.6 Å². The zero-order chi connectivity index (χ0) is 12.5. The van der Waals surface area contributed by atoms with E-state index >= 15 is 0 Å². The van der Waals surface area contributed by atoms with Gasteiger partial charge >= 0.3 is 0 Å². The monoisotopic (exact) mass is 299 g/mol. The molecule has 2 rings (SSSR count). The van der Waals surface area contributed by atoms with Crippen LogP contribution in [0.4, 0.5) is 4.39 Å². The quantitative estimate of drug-likeness (QED) is 0.634. The van der Waals surface area contributed by atoms with Gasteiger partial charge in [0.05, 0.1) is 17.1 Å². The van der Waals surface area contributed by atoms with E-state index in [2.05, 4.69) is 20.9 Å². The molecule has 90 valence electrons. The smallest absolute Gasteiger partial charge is 0.235 e.